The van der Waals surface area contributed by atoms with Crippen molar-refractivity contribution in [2.75, 3.05) is 5.75 Å². The van der Waals surface area contributed by atoms with Crippen molar-refractivity contribution in [1.82, 2.24) is 5.32 Å². The zero-order valence-electron chi connectivity index (χ0n) is 14.6. The standard InChI is InChI=1S/C19H21NO5S/c1-12-5-7-14(8-6-12)16(22)10-18(17-4-3-9-25-17)26-11-15(19(23)24)20-13(2)21/h3-9,15,18H,10-11H2,1-2H3,(H,20,21)(H,23,24). The van der Waals surface area contributed by atoms with Gasteiger partial charge in [-0.2, -0.15) is 0 Å². The maximum absolute atomic E-state index is 12.6. The van der Waals surface area contributed by atoms with Crippen molar-refractivity contribution in [3.05, 3.63) is 59.5 Å². The topological polar surface area (TPSA) is 96.6 Å². The first-order chi connectivity index (χ1) is 12.4. The number of aryl methyl sites for hydroxylation is 1. The number of aliphatic carboxylic acids is 1. The summed E-state index contributed by atoms with van der Waals surface area (Å²) < 4.78 is 5.42. The van der Waals surface area contributed by atoms with Crippen LogP contribution in [-0.2, 0) is 9.59 Å². The van der Waals surface area contributed by atoms with E-state index in [9.17, 15) is 19.5 Å². The average Bonchev–Trinajstić information content (AvgIpc) is 3.11. The molecule has 1 heterocycles. The SMILES string of the molecule is CC(=O)NC(CSC(CC(=O)c1ccc(C)cc1)c1ccco1)C(=O)O. The van der Waals surface area contributed by atoms with Gasteiger partial charge in [0.15, 0.2) is 5.78 Å². The third-order valence-corrected chi connectivity index (χ3v) is 5.07. The molecule has 2 rings (SSSR count). The molecule has 138 valence electrons. The molecule has 0 bridgehead atoms. The average molecular weight is 375 g/mol. The number of carbonyl (C=O) groups excluding carboxylic acids is 2. The lowest BCUT2D eigenvalue weighted by atomic mass is 10.0. The maximum atomic E-state index is 12.6. The molecule has 26 heavy (non-hydrogen) atoms. The van der Waals surface area contributed by atoms with Crippen LogP contribution in [0, 0.1) is 6.92 Å². The number of hydrogen-bond donors (Lipinski definition) is 2. The molecule has 0 saturated carbocycles. The molecule has 6 nitrogen and oxygen atoms in total. The summed E-state index contributed by atoms with van der Waals surface area (Å²) in [5, 5.41) is 11.3. The summed E-state index contributed by atoms with van der Waals surface area (Å²) in [6.07, 6.45) is 1.69. The highest BCUT2D eigenvalue weighted by Gasteiger charge is 2.25. The van der Waals surface area contributed by atoms with E-state index in [1.165, 1.54) is 24.9 Å². The number of rotatable bonds is 9. The van der Waals surface area contributed by atoms with Crippen LogP contribution in [0.5, 0.6) is 0 Å². The van der Waals surface area contributed by atoms with Crippen LogP contribution in [0.4, 0.5) is 0 Å². The van der Waals surface area contributed by atoms with E-state index in [2.05, 4.69) is 5.32 Å². The lowest BCUT2D eigenvalue weighted by molar-refractivity contribution is -0.140. The van der Waals surface area contributed by atoms with Crippen molar-refractivity contribution in [1.29, 1.82) is 0 Å². The fourth-order valence-corrected chi connectivity index (χ4v) is 3.59. The van der Waals surface area contributed by atoms with Crippen LogP contribution in [0.1, 0.15) is 40.3 Å². The summed E-state index contributed by atoms with van der Waals surface area (Å²) in [4.78, 5) is 35.0. The van der Waals surface area contributed by atoms with Gasteiger partial charge >= 0.3 is 5.97 Å². The Balaban J connectivity index is 2.09. The lowest BCUT2D eigenvalue weighted by Crippen LogP contribution is -2.41. The Bertz CT molecular complexity index is 755. The minimum absolute atomic E-state index is 0.0506. The summed E-state index contributed by atoms with van der Waals surface area (Å²) in [6.45, 7) is 3.22. The van der Waals surface area contributed by atoms with Gasteiger partial charge in [0.05, 0.1) is 11.5 Å². The van der Waals surface area contributed by atoms with E-state index in [0.717, 1.165) is 5.56 Å². The molecule has 1 aromatic heterocycles. The first-order valence-electron chi connectivity index (χ1n) is 8.11. The van der Waals surface area contributed by atoms with Gasteiger partial charge < -0.3 is 14.8 Å². The van der Waals surface area contributed by atoms with Crippen molar-refractivity contribution in [2.24, 2.45) is 0 Å². The minimum Gasteiger partial charge on any atom is -0.480 e. The highest BCUT2D eigenvalue weighted by molar-refractivity contribution is 7.99. The van der Waals surface area contributed by atoms with Gasteiger partial charge in [-0.25, -0.2) is 4.79 Å². The molecule has 2 N–H and O–H groups in total. The first kappa shape index (κ1) is 19.8. The number of ketones is 1. The smallest absolute Gasteiger partial charge is 0.327 e. The second-order valence-electron chi connectivity index (χ2n) is 5.92. The molecular weight excluding hydrogens is 354 g/mol. The van der Waals surface area contributed by atoms with Gasteiger partial charge in [0.25, 0.3) is 0 Å². The number of benzene rings is 1. The molecule has 2 atom stereocenters. The molecule has 1 aromatic carbocycles. The van der Waals surface area contributed by atoms with E-state index in [4.69, 9.17) is 4.42 Å². The first-order valence-corrected chi connectivity index (χ1v) is 9.16. The van der Waals surface area contributed by atoms with Crippen molar-refractivity contribution in [3.63, 3.8) is 0 Å². The van der Waals surface area contributed by atoms with E-state index < -0.39 is 17.9 Å². The normalized spacial score (nSPS) is 13.0. The van der Waals surface area contributed by atoms with Crippen molar-refractivity contribution < 1.29 is 23.9 Å². The summed E-state index contributed by atoms with van der Waals surface area (Å²) in [5.41, 5.74) is 1.67. The number of furan rings is 1. The maximum Gasteiger partial charge on any atom is 0.327 e. The molecule has 0 spiro atoms. The van der Waals surface area contributed by atoms with Gasteiger partial charge in [0.2, 0.25) is 5.91 Å². The second kappa shape index (κ2) is 9.24. The predicted octanol–water partition coefficient (Wildman–Crippen LogP) is 3.22. The highest BCUT2D eigenvalue weighted by Crippen LogP contribution is 2.34. The predicted molar refractivity (Wildman–Crippen MR) is 99.3 cm³/mol. The molecule has 0 aliphatic carbocycles. The monoisotopic (exact) mass is 375 g/mol. The molecule has 7 heteroatoms. The second-order valence-corrected chi connectivity index (χ2v) is 7.16. The van der Waals surface area contributed by atoms with E-state index in [1.54, 1.807) is 24.3 Å². The summed E-state index contributed by atoms with van der Waals surface area (Å²) in [6, 6.07) is 9.76. The van der Waals surface area contributed by atoms with Gasteiger partial charge in [-0.15, -0.1) is 11.8 Å². The molecule has 0 aliphatic rings. The molecule has 0 radical (unpaired) electrons. The molecule has 1 amide bonds. The number of carboxylic acid groups (broad SMARTS) is 1. The van der Waals surface area contributed by atoms with Crippen molar-refractivity contribution in [3.8, 4) is 0 Å². The Morgan fingerprint density at radius 3 is 2.42 bits per heavy atom. The van der Waals surface area contributed by atoms with Crippen LogP contribution in [0.3, 0.4) is 0 Å². The summed E-state index contributed by atoms with van der Waals surface area (Å²) in [7, 11) is 0. The quantitative estimate of drug-likeness (QED) is 0.653. The van der Waals surface area contributed by atoms with Crippen LogP contribution in [0.2, 0.25) is 0 Å². The largest absolute Gasteiger partial charge is 0.480 e. The van der Waals surface area contributed by atoms with E-state index in [0.29, 0.717) is 11.3 Å². The summed E-state index contributed by atoms with van der Waals surface area (Å²) in [5.74, 6) is -0.853. The zero-order valence-corrected chi connectivity index (χ0v) is 15.4. The number of carbonyl (C=O) groups is 3. The third kappa shape index (κ3) is 5.77. The zero-order chi connectivity index (χ0) is 19.1. The number of Topliss-reactive ketones (excluding diaryl/α,β-unsaturated/α-hetero) is 1. The number of nitrogens with one attached hydrogen (secondary N) is 1. The van der Waals surface area contributed by atoms with Gasteiger partial charge in [0, 0.05) is 24.7 Å². The van der Waals surface area contributed by atoms with Crippen molar-refractivity contribution >= 4 is 29.4 Å². The molecule has 0 aliphatic heterocycles. The van der Waals surface area contributed by atoms with Crippen molar-refractivity contribution in [2.45, 2.75) is 31.6 Å². The van der Waals surface area contributed by atoms with Gasteiger partial charge in [-0.1, -0.05) is 29.8 Å². The molecule has 2 unspecified atom stereocenters. The van der Waals surface area contributed by atoms with E-state index in [-0.39, 0.29) is 23.2 Å². The molecular formula is C19H21NO5S. The van der Waals surface area contributed by atoms with Crippen LogP contribution in [0.15, 0.2) is 47.1 Å². The fraction of sp³-hybridized carbons (Fsp3) is 0.316. The van der Waals surface area contributed by atoms with Crippen LogP contribution in [0.25, 0.3) is 0 Å². The Kier molecular flexibility index (Phi) is 7.03. The summed E-state index contributed by atoms with van der Waals surface area (Å²) >= 11 is 1.27. The molecule has 0 fully saturated rings. The number of hydrogen-bond acceptors (Lipinski definition) is 5. The van der Waals surface area contributed by atoms with Gasteiger partial charge in [0.1, 0.15) is 11.8 Å². The Labute approximate surface area is 156 Å². The van der Waals surface area contributed by atoms with Gasteiger partial charge in [-0.05, 0) is 19.1 Å². The number of thioether (sulfide) groups is 1. The van der Waals surface area contributed by atoms with E-state index in [1.807, 2.05) is 19.1 Å². The van der Waals surface area contributed by atoms with Crippen LogP contribution >= 0.6 is 11.8 Å². The van der Waals surface area contributed by atoms with Crippen LogP contribution < -0.4 is 5.32 Å². The number of amides is 1. The Morgan fingerprint density at radius 1 is 1.19 bits per heavy atom. The lowest BCUT2D eigenvalue weighted by Gasteiger charge is -2.18. The Morgan fingerprint density at radius 2 is 1.88 bits per heavy atom. The molecule has 0 saturated heterocycles. The Hall–Kier alpha value is -2.54. The van der Waals surface area contributed by atoms with E-state index >= 15 is 0 Å². The highest BCUT2D eigenvalue weighted by atomic mass is 32.2. The van der Waals surface area contributed by atoms with Gasteiger partial charge in [-0.3, -0.25) is 9.59 Å². The third-order valence-electron chi connectivity index (χ3n) is 3.74. The van der Waals surface area contributed by atoms with Crippen LogP contribution in [-0.4, -0.2) is 34.6 Å². The molecule has 2 aromatic rings. The fourth-order valence-electron chi connectivity index (χ4n) is 2.37. The minimum atomic E-state index is -1.12. The number of carboxylic acids is 1.